The van der Waals surface area contributed by atoms with Gasteiger partial charge in [-0.05, 0) is 65.7 Å². The molecule has 0 aliphatic heterocycles. The van der Waals surface area contributed by atoms with Gasteiger partial charge < -0.3 is 16.2 Å². The number of nitrogens with two attached hydrogens (primary N) is 1. The van der Waals surface area contributed by atoms with E-state index in [1.165, 1.54) is 0 Å². The summed E-state index contributed by atoms with van der Waals surface area (Å²) in [5, 5.41) is 12.9. The molecule has 0 bridgehead atoms. The summed E-state index contributed by atoms with van der Waals surface area (Å²) >= 11 is 3.50. The molecule has 3 nitrogen and oxygen atoms in total. The first kappa shape index (κ1) is 12.7. The van der Waals surface area contributed by atoms with E-state index in [0.717, 1.165) is 48.1 Å². The van der Waals surface area contributed by atoms with E-state index in [2.05, 4.69) is 21.2 Å². The topological polar surface area (TPSA) is 58.3 Å². The van der Waals surface area contributed by atoms with Crippen LogP contribution in [0.25, 0.3) is 0 Å². The van der Waals surface area contributed by atoms with E-state index in [1.807, 2.05) is 18.2 Å². The van der Waals surface area contributed by atoms with Crippen molar-refractivity contribution in [3.8, 4) is 0 Å². The molecule has 0 spiro atoms. The Labute approximate surface area is 111 Å². The summed E-state index contributed by atoms with van der Waals surface area (Å²) in [5.41, 5.74) is 7.55. The summed E-state index contributed by atoms with van der Waals surface area (Å²) < 4.78 is 1.01. The van der Waals surface area contributed by atoms with Crippen molar-refractivity contribution < 1.29 is 5.11 Å². The Bertz CT molecular complexity index is 376. The van der Waals surface area contributed by atoms with Crippen molar-refractivity contribution in [1.29, 1.82) is 0 Å². The zero-order valence-electron chi connectivity index (χ0n) is 9.82. The number of anilines is 2. The van der Waals surface area contributed by atoms with Gasteiger partial charge in [0.1, 0.15) is 0 Å². The Kier molecular flexibility index (Phi) is 4.29. The molecule has 0 amide bonds. The minimum Gasteiger partial charge on any atom is -0.399 e. The van der Waals surface area contributed by atoms with Crippen LogP contribution in [0, 0.1) is 5.92 Å². The largest absolute Gasteiger partial charge is 0.399 e. The zero-order valence-corrected chi connectivity index (χ0v) is 11.4. The first-order valence-corrected chi connectivity index (χ1v) is 6.91. The average molecular weight is 299 g/mol. The zero-order chi connectivity index (χ0) is 12.3. The predicted octanol–water partition coefficient (Wildman–Crippen LogP) is 2.99. The summed E-state index contributed by atoms with van der Waals surface area (Å²) in [7, 11) is 0. The summed E-state index contributed by atoms with van der Waals surface area (Å²) in [6.07, 6.45) is 4.03. The van der Waals surface area contributed by atoms with Gasteiger partial charge in [0, 0.05) is 22.4 Å². The summed E-state index contributed by atoms with van der Waals surface area (Å²) in [4.78, 5) is 0. The first-order chi connectivity index (χ1) is 8.15. The Hall–Kier alpha value is -0.740. The smallest absolute Gasteiger partial charge is 0.0540 e. The van der Waals surface area contributed by atoms with Crippen LogP contribution in [0.1, 0.15) is 25.7 Å². The average Bonchev–Trinajstić information content (AvgIpc) is 2.30. The Morgan fingerprint density at radius 2 is 2.00 bits per heavy atom. The molecule has 0 radical (unpaired) electrons. The Morgan fingerprint density at radius 3 is 2.65 bits per heavy atom. The number of rotatable bonds is 3. The molecule has 0 heterocycles. The predicted molar refractivity (Wildman–Crippen MR) is 75.0 cm³/mol. The van der Waals surface area contributed by atoms with Gasteiger partial charge in [-0.3, -0.25) is 0 Å². The maximum absolute atomic E-state index is 9.45. The van der Waals surface area contributed by atoms with E-state index in [9.17, 15) is 5.11 Å². The van der Waals surface area contributed by atoms with Crippen molar-refractivity contribution in [3.63, 3.8) is 0 Å². The van der Waals surface area contributed by atoms with E-state index in [-0.39, 0.29) is 6.10 Å². The minimum absolute atomic E-state index is 0.0745. The number of hydrogen-bond acceptors (Lipinski definition) is 3. The van der Waals surface area contributed by atoms with E-state index >= 15 is 0 Å². The highest BCUT2D eigenvalue weighted by molar-refractivity contribution is 9.10. The molecule has 1 aromatic carbocycles. The fourth-order valence-electron chi connectivity index (χ4n) is 2.28. The van der Waals surface area contributed by atoms with Crippen molar-refractivity contribution in [2.24, 2.45) is 5.92 Å². The number of aliphatic hydroxyl groups excluding tert-OH is 1. The maximum Gasteiger partial charge on any atom is 0.0540 e. The molecule has 4 N–H and O–H groups in total. The minimum atomic E-state index is -0.0745. The van der Waals surface area contributed by atoms with Gasteiger partial charge in [-0.1, -0.05) is 0 Å². The van der Waals surface area contributed by atoms with E-state index < -0.39 is 0 Å². The van der Waals surface area contributed by atoms with Crippen LogP contribution in [0.15, 0.2) is 22.7 Å². The van der Waals surface area contributed by atoms with Crippen molar-refractivity contribution in [1.82, 2.24) is 0 Å². The van der Waals surface area contributed by atoms with Crippen LogP contribution in [-0.4, -0.2) is 17.8 Å². The molecule has 2 rings (SSSR count). The monoisotopic (exact) mass is 298 g/mol. The molecule has 4 heteroatoms. The number of nitrogens with one attached hydrogen (secondary N) is 1. The molecule has 0 saturated heterocycles. The van der Waals surface area contributed by atoms with E-state index in [1.54, 1.807) is 0 Å². The van der Waals surface area contributed by atoms with Gasteiger partial charge >= 0.3 is 0 Å². The van der Waals surface area contributed by atoms with Crippen LogP contribution in [0.3, 0.4) is 0 Å². The maximum atomic E-state index is 9.45. The summed E-state index contributed by atoms with van der Waals surface area (Å²) in [5.74, 6) is 0.669. The van der Waals surface area contributed by atoms with Crippen LogP contribution in [0.5, 0.6) is 0 Å². The number of halogens is 1. The molecule has 1 aliphatic carbocycles. The number of benzene rings is 1. The van der Waals surface area contributed by atoms with Crippen LogP contribution in [0.2, 0.25) is 0 Å². The van der Waals surface area contributed by atoms with Gasteiger partial charge in [0.25, 0.3) is 0 Å². The van der Waals surface area contributed by atoms with Gasteiger partial charge in [-0.25, -0.2) is 0 Å². The van der Waals surface area contributed by atoms with Crippen LogP contribution in [0.4, 0.5) is 11.4 Å². The van der Waals surface area contributed by atoms with Gasteiger partial charge in [-0.15, -0.1) is 0 Å². The highest BCUT2D eigenvalue weighted by atomic mass is 79.9. The van der Waals surface area contributed by atoms with Gasteiger partial charge in [0.05, 0.1) is 6.10 Å². The van der Waals surface area contributed by atoms with E-state index in [4.69, 9.17) is 5.73 Å². The molecule has 1 aromatic rings. The molecule has 0 unspecified atom stereocenters. The fourth-order valence-corrected chi connectivity index (χ4v) is 2.81. The summed E-state index contributed by atoms with van der Waals surface area (Å²) in [6, 6.07) is 5.81. The molecule has 1 saturated carbocycles. The van der Waals surface area contributed by atoms with Gasteiger partial charge in [-0.2, -0.15) is 0 Å². The molecule has 1 fully saturated rings. The molecule has 0 aromatic heterocycles. The number of hydrogen-bond donors (Lipinski definition) is 3. The van der Waals surface area contributed by atoms with Crippen LogP contribution in [-0.2, 0) is 0 Å². The lowest BCUT2D eigenvalue weighted by Crippen LogP contribution is -2.23. The normalized spacial score (nSPS) is 24.6. The van der Waals surface area contributed by atoms with E-state index in [0.29, 0.717) is 5.92 Å². The van der Waals surface area contributed by atoms with Crippen molar-refractivity contribution in [2.75, 3.05) is 17.6 Å². The molecule has 1 aliphatic rings. The molecular weight excluding hydrogens is 280 g/mol. The van der Waals surface area contributed by atoms with Crippen LogP contribution < -0.4 is 11.1 Å². The van der Waals surface area contributed by atoms with Crippen molar-refractivity contribution in [2.45, 2.75) is 31.8 Å². The third kappa shape index (κ3) is 3.61. The lowest BCUT2D eigenvalue weighted by molar-refractivity contribution is 0.111. The highest BCUT2D eigenvalue weighted by Crippen LogP contribution is 2.27. The third-order valence-electron chi connectivity index (χ3n) is 3.39. The quantitative estimate of drug-likeness (QED) is 0.752. The molecule has 94 valence electrons. The SMILES string of the molecule is Nc1ccc(NCC2CCC(O)CC2)c(Br)c1. The third-order valence-corrected chi connectivity index (χ3v) is 4.05. The van der Waals surface area contributed by atoms with Gasteiger partial charge in [0.15, 0.2) is 0 Å². The van der Waals surface area contributed by atoms with Crippen LogP contribution >= 0.6 is 15.9 Å². The highest BCUT2D eigenvalue weighted by Gasteiger charge is 2.19. The second-order valence-corrected chi connectivity index (χ2v) is 5.65. The molecular formula is C13H19BrN2O. The van der Waals surface area contributed by atoms with Crippen molar-refractivity contribution in [3.05, 3.63) is 22.7 Å². The number of aliphatic hydroxyl groups is 1. The molecule has 0 atom stereocenters. The lowest BCUT2D eigenvalue weighted by Gasteiger charge is -2.26. The second kappa shape index (κ2) is 5.74. The summed E-state index contributed by atoms with van der Waals surface area (Å²) in [6.45, 7) is 0.967. The Balaban J connectivity index is 1.85. The number of nitrogen functional groups attached to an aromatic ring is 1. The van der Waals surface area contributed by atoms with Crippen molar-refractivity contribution >= 4 is 27.3 Å². The lowest BCUT2D eigenvalue weighted by atomic mass is 9.87. The fraction of sp³-hybridized carbons (Fsp3) is 0.538. The molecule has 17 heavy (non-hydrogen) atoms. The standard InChI is InChI=1S/C13H19BrN2O/c14-12-7-10(15)3-6-13(12)16-8-9-1-4-11(17)5-2-9/h3,6-7,9,11,16-17H,1-2,4-5,8,15H2. The van der Waals surface area contributed by atoms with Gasteiger partial charge in [0.2, 0.25) is 0 Å². The first-order valence-electron chi connectivity index (χ1n) is 6.12. The second-order valence-electron chi connectivity index (χ2n) is 4.79. The Morgan fingerprint density at radius 1 is 1.29 bits per heavy atom.